The molecule has 33 heavy (non-hydrogen) atoms. The van der Waals surface area contributed by atoms with Crippen LogP contribution >= 0.6 is 0 Å². The van der Waals surface area contributed by atoms with Gasteiger partial charge in [-0.15, -0.1) is 0 Å². The topological polar surface area (TPSA) is 191 Å². The first kappa shape index (κ1) is 29.7. The molecule has 0 heterocycles. The zero-order chi connectivity index (χ0) is 24.3. The van der Waals surface area contributed by atoms with Crippen molar-refractivity contribution in [2.45, 2.75) is 38.1 Å². The maximum absolute atomic E-state index is 10.6. The normalized spacial score (nSPS) is 14.4. The predicted octanol–water partition coefficient (Wildman–Crippen LogP) is -1.92. The first-order valence-corrected chi connectivity index (χ1v) is 9.50. The average Bonchev–Trinajstić information content (AvgIpc) is 2.70. The third kappa shape index (κ3) is 10.3. The number of carbonyl (C=O) groups excluding carboxylic acids is 2. The summed E-state index contributed by atoms with van der Waals surface area (Å²) in [6.45, 7) is 2.65. The molecule has 2 aromatic carbocycles. The summed E-state index contributed by atoms with van der Waals surface area (Å²) in [6, 6.07) is 10.6. The van der Waals surface area contributed by atoms with Gasteiger partial charge in [0.2, 0.25) is 0 Å². The predicted molar refractivity (Wildman–Crippen MR) is 115 cm³/mol. The molecule has 4 unspecified atom stereocenters. The SMILES string of the molecule is CC(O)C(N=Cc1ccccc1[OH2+])C(=O)[O-].CC(O)C(N=Cc1ccccc1[OH2+])C(=O)[O-].[Co]. The Hall–Kier alpha value is -3.25. The van der Waals surface area contributed by atoms with Crippen molar-refractivity contribution in [2.75, 3.05) is 0 Å². The summed E-state index contributed by atoms with van der Waals surface area (Å²) in [5.41, 5.74) is 0.990. The third-order valence-electron chi connectivity index (χ3n) is 4.07. The zero-order valence-electron chi connectivity index (χ0n) is 17.8. The molecule has 10 nitrogen and oxygen atoms in total. The number of hydrogen-bond acceptors (Lipinski definition) is 8. The number of aliphatic hydroxyl groups excluding tert-OH is 2. The molecule has 0 aliphatic carbocycles. The summed E-state index contributed by atoms with van der Waals surface area (Å²) in [7, 11) is 0. The molecule has 2 rings (SSSR count). The summed E-state index contributed by atoms with van der Waals surface area (Å²) >= 11 is 0. The van der Waals surface area contributed by atoms with Crippen LogP contribution in [-0.2, 0) is 26.4 Å². The maximum Gasteiger partial charge on any atom is 0.262 e. The van der Waals surface area contributed by atoms with E-state index in [1.165, 1.54) is 26.3 Å². The molecular formula is C22H26CoN2O8. The Bertz CT molecular complexity index is 885. The van der Waals surface area contributed by atoms with Gasteiger partial charge in [-0.3, -0.25) is 9.98 Å². The Labute approximate surface area is 200 Å². The van der Waals surface area contributed by atoms with Crippen molar-refractivity contribution in [3.8, 4) is 11.5 Å². The molecule has 0 aliphatic rings. The van der Waals surface area contributed by atoms with E-state index in [4.69, 9.17) is 20.4 Å². The average molecular weight is 505 g/mol. The molecule has 0 amide bonds. The smallest absolute Gasteiger partial charge is 0.262 e. The molecule has 0 aliphatic heterocycles. The first-order chi connectivity index (χ1) is 15.0. The van der Waals surface area contributed by atoms with Crippen LogP contribution in [-0.4, -0.2) is 69.1 Å². The Morgan fingerprint density at radius 3 is 1.33 bits per heavy atom. The van der Waals surface area contributed by atoms with E-state index in [1.807, 2.05) is 0 Å². The van der Waals surface area contributed by atoms with E-state index in [0.29, 0.717) is 11.1 Å². The van der Waals surface area contributed by atoms with Crippen molar-refractivity contribution < 1.29 is 57.0 Å². The van der Waals surface area contributed by atoms with Crippen LogP contribution in [0.4, 0.5) is 0 Å². The van der Waals surface area contributed by atoms with Crippen LogP contribution in [0.1, 0.15) is 25.0 Å². The Kier molecular flexibility index (Phi) is 13.3. The molecule has 0 aromatic heterocycles. The molecule has 1 radical (unpaired) electrons. The number of carboxylic acids is 2. The van der Waals surface area contributed by atoms with Crippen LogP contribution < -0.4 is 10.2 Å². The number of aliphatic carboxylic acids is 2. The van der Waals surface area contributed by atoms with Gasteiger partial charge in [0.1, 0.15) is 12.1 Å². The number of carbonyl (C=O) groups is 2. The maximum atomic E-state index is 10.6. The number of para-hydroxylation sites is 2. The number of rotatable bonds is 8. The molecule has 4 atom stereocenters. The molecule has 0 spiro atoms. The number of carboxylic acid groups (broad SMARTS) is 2. The molecule has 0 fully saturated rings. The van der Waals surface area contributed by atoms with E-state index in [-0.39, 0.29) is 28.3 Å². The van der Waals surface area contributed by atoms with Gasteiger partial charge in [0.05, 0.1) is 35.3 Å². The van der Waals surface area contributed by atoms with E-state index in [9.17, 15) is 19.8 Å². The van der Waals surface area contributed by atoms with E-state index >= 15 is 0 Å². The summed E-state index contributed by atoms with van der Waals surface area (Å²) < 4.78 is 0. The number of aliphatic hydroxyl groups is 2. The van der Waals surface area contributed by atoms with Gasteiger partial charge in [-0.2, -0.15) is 0 Å². The van der Waals surface area contributed by atoms with Crippen LogP contribution in [0.2, 0.25) is 0 Å². The minimum Gasteiger partial charge on any atom is -0.593 e. The second-order valence-corrected chi connectivity index (χ2v) is 6.74. The standard InChI is InChI=1S/2C11H13NO4.Co/c2*1-7(13)10(11(15)16)12-6-8-4-2-3-5-9(8)14;/h2*2-7,10,13-14H,1H3,(H,15,16);. The van der Waals surface area contributed by atoms with Gasteiger partial charge in [0, 0.05) is 41.3 Å². The van der Waals surface area contributed by atoms with Gasteiger partial charge in [-0.25, -0.2) is 0 Å². The molecule has 11 heteroatoms. The number of aliphatic imine (C=N–C) groups is 2. The van der Waals surface area contributed by atoms with Gasteiger partial charge >= 0.3 is 0 Å². The van der Waals surface area contributed by atoms with Crippen molar-refractivity contribution >= 4 is 24.4 Å². The van der Waals surface area contributed by atoms with E-state index < -0.39 is 36.2 Å². The van der Waals surface area contributed by atoms with Crippen LogP contribution in [0.3, 0.4) is 0 Å². The zero-order valence-corrected chi connectivity index (χ0v) is 18.9. The molecule has 2 aromatic rings. The monoisotopic (exact) mass is 505 g/mol. The fourth-order valence-electron chi connectivity index (χ4n) is 2.31. The van der Waals surface area contributed by atoms with Gasteiger partial charge in [-0.05, 0) is 26.0 Å². The molecule has 0 saturated carbocycles. The Morgan fingerprint density at radius 2 is 1.09 bits per heavy atom. The summed E-state index contributed by atoms with van der Waals surface area (Å²) in [6.07, 6.45) is 0.267. The second kappa shape index (κ2) is 14.7. The van der Waals surface area contributed by atoms with E-state index in [0.717, 1.165) is 0 Å². The molecule has 0 bridgehead atoms. The summed E-state index contributed by atoms with van der Waals surface area (Å²) in [5.74, 6) is -2.38. The van der Waals surface area contributed by atoms with Crippen molar-refractivity contribution in [1.82, 2.24) is 0 Å². The van der Waals surface area contributed by atoms with Crippen LogP contribution in [0.25, 0.3) is 0 Å². The summed E-state index contributed by atoms with van der Waals surface area (Å²) in [4.78, 5) is 28.6. The van der Waals surface area contributed by atoms with Gasteiger partial charge in [0.15, 0.2) is 0 Å². The van der Waals surface area contributed by atoms with Crippen LogP contribution in [0.5, 0.6) is 11.5 Å². The molecular weight excluding hydrogens is 479 g/mol. The van der Waals surface area contributed by atoms with E-state index in [1.54, 1.807) is 48.5 Å². The van der Waals surface area contributed by atoms with Gasteiger partial charge in [-0.1, -0.05) is 24.3 Å². The quantitative estimate of drug-likeness (QED) is 0.310. The Balaban J connectivity index is 0.000000602. The van der Waals surface area contributed by atoms with Crippen molar-refractivity contribution in [2.24, 2.45) is 9.98 Å². The molecule has 181 valence electrons. The van der Waals surface area contributed by atoms with Crippen molar-refractivity contribution in [3.05, 3.63) is 59.7 Å². The van der Waals surface area contributed by atoms with E-state index in [2.05, 4.69) is 9.98 Å². The first-order valence-electron chi connectivity index (χ1n) is 9.50. The number of benzene rings is 2. The van der Waals surface area contributed by atoms with Crippen LogP contribution in [0.15, 0.2) is 58.5 Å². The molecule has 0 saturated heterocycles. The van der Waals surface area contributed by atoms with Crippen LogP contribution in [0, 0.1) is 0 Å². The van der Waals surface area contributed by atoms with Crippen molar-refractivity contribution in [1.29, 1.82) is 0 Å². The van der Waals surface area contributed by atoms with Gasteiger partial charge in [0.25, 0.3) is 11.5 Å². The fourth-order valence-corrected chi connectivity index (χ4v) is 2.31. The number of hydrogen-bond donors (Lipinski definition) is 2. The van der Waals surface area contributed by atoms with Crippen molar-refractivity contribution in [3.63, 3.8) is 0 Å². The minimum absolute atomic E-state index is 0. The Morgan fingerprint density at radius 1 is 0.788 bits per heavy atom. The largest absolute Gasteiger partial charge is 0.593 e. The third-order valence-corrected chi connectivity index (χ3v) is 4.07. The van der Waals surface area contributed by atoms with Gasteiger partial charge < -0.3 is 40.2 Å². The fraction of sp³-hybridized carbons (Fsp3) is 0.273. The second-order valence-electron chi connectivity index (χ2n) is 6.74. The number of nitrogens with zero attached hydrogens (tertiary/aromatic N) is 2. The molecule has 6 N–H and O–H groups in total. The minimum atomic E-state index is -1.44. The summed E-state index contributed by atoms with van der Waals surface area (Å²) in [5, 5.41) is 54.6.